The van der Waals surface area contributed by atoms with Gasteiger partial charge in [-0.25, -0.2) is 31.5 Å². The summed E-state index contributed by atoms with van der Waals surface area (Å²) in [7, 11) is -4.37. The first-order valence-electron chi connectivity index (χ1n) is 10.6. The zero-order chi connectivity index (χ0) is 23.0. The molecule has 1 saturated heterocycles. The van der Waals surface area contributed by atoms with Crippen molar-refractivity contribution in [2.45, 2.75) is 17.7 Å². The standard InChI is InChI=1S/C22H21F2N5O3S/c23-16-4-5-17(24)20(12-16)33(30,31)29-7-1-2-18-22(29)27-19(14-25-18)15-3-6-21(26-13-15)28-8-10-32-11-9-28/h3-6,12-14H,1-2,7-11H2. The summed E-state index contributed by atoms with van der Waals surface area (Å²) in [6.07, 6.45) is 4.26. The van der Waals surface area contributed by atoms with Crippen LogP contribution in [-0.2, 0) is 21.2 Å². The van der Waals surface area contributed by atoms with Crippen molar-refractivity contribution < 1.29 is 21.9 Å². The van der Waals surface area contributed by atoms with Crippen LogP contribution in [0.5, 0.6) is 0 Å². The number of benzene rings is 1. The molecule has 0 radical (unpaired) electrons. The Balaban J connectivity index is 1.49. The van der Waals surface area contributed by atoms with Crippen molar-refractivity contribution in [2.75, 3.05) is 42.1 Å². The molecule has 0 spiro atoms. The van der Waals surface area contributed by atoms with Gasteiger partial charge in [-0.05, 0) is 43.2 Å². The maximum absolute atomic E-state index is 14.3. The number of pyridine rings is 1. The van der Waals surface area contributed by atoms with E-state index in [1.165, 1.54) is 0 Å². The van der Waals surface area contributed by atoms with E-state index >= 15 is 0 Å². The first-order chi connectivity index (χ1) is 15.9. The van der Waals surface area contributed by atoms with Crippen molar-refractivity contribution >= 4 is 21.7 Å². The van der Waals surface area contributed by atoms with Gasteiger partial charge in [-0.3, -0.25) is 4.98 Å². The number of sulfonamides is 1. The highest BCUT2D eigenvalue weighted by Crippen LogP contribution is 2.32. The van der Waals surface area contributed by atoms with Crippen molar-refractivity contribution in [3.63, 3.8) is 0 Å². The number of ether oxygens (including phenoxy) is 1. The molecule has 0 atom stereocenters. The van der Waals surface area contributed by atoms with Crippen molar-refractivity contribution in [3.8, 4) is 11.3 Å². The fourth-order valence-corrected chi connectivity index (χ4v) is 5.52. The minimum absolute atomic E-state index is 0.0949. The lowest BCUT2D eigenvalue weighted by molar-refractivity contribution is 0.122. The van der Waals surface area contributed by atoms with Crippen LogP contribution in [0.4, 0.5) is 20.4 Å². The van der Waals surface area contributed by atoms with E-state index in [-0.39, 0.29) is 12.4 Å². The third kappa shape index (κ3) is 4.13. The Kier molecular flexibility index (Phi) is 5.67. The van der Waals surface area contributed by atoms with E-state index in [1.807, 2.05) is 12.1 Å². The van der Waals surface area contributed by atoms with Gasteiger partial charge in [0.05, 0.1) is 30.8 Å². The molecular weight excluding hydrogens is 452 g/mol. The van der Waals surface area contributed by atoms with Gasteiger partial charge >= 0.3 is 0 Å². The average Bonchev–Trinajstić information content (AvgIpc) is 2.85. The summed E-state index contributed by atoms with van der Waals surface area (Å²) >= 11 is 0. The van der Waals surface area contributed by atoms with E-state index in [9.17, 15) is 17.2 Å². The topological polar surface area (TPSA) is 88.5 Å². The lowest BCUT2D eigenvalue weighted by Crippen LogP contribution is -2.37. The minimum atomic E-state index is -4.37. The summed E-state index contributed by atoms with van der Waals surface area (Å²) in [5, 5.41) is 0. The molecule has 4 heterocycles. The molecule has 0 saturated carbocycles. The van der Waals surface area contributed by atoms with Crippen LogP contribution < -0.4 is 9.21 Å². The fourth-order valence-electron chi connectivity index (χ4n) is 3.96. The van der Waals surface area contributed by atoms with Gasteiger partial charge in [0.25, 0.3) is 10.0 Å². The summed E-state index contributed by atoms with van der Waals surface area (Å²) in [4.78, 5) is 14.9. The molecule has 11 heteroatoms. The number of nitrogens with zero attached hydrogens (tertiary/aromatic N) is 5. The molecule has 1 aromatic carbocycles. The van der Waals surface area contributed by atoms with Crippen molar-refractivity contribution in [3.05, 3.63) is 60.1 Å². The molecule has 172 valence electrons. The molecule has 8 nitrogen and oxygen atoms in total. The molecule has 0 bridgehead atoms. The van der Waals surface area contributed by atoms with Crippen LogP contribution in [0.3, 0.4) is 0 Å². The number of aryl methyl sites for hydroxylation is 1. The van der Waals surface area contributed by atoms with Gasteiger partial charge in [0, 0.05) is 31.4 Å². The smallest absolute Gasteiger partial charge is 0.268 e. The number of aromatic nitrogens is 3. The van der Waals surface area contributed by atoms with E-state index in [1.54, 1.807) is 12.4 Å². The zero-order valence-corrected chi connectivity index (χ0v) is 18.4. The second kappa shape index (κ2) is 8.64. The molecular formula is C22H21F2N5O3S. The third-order valence-corrected chi connectivity index (χ3v) is 7.48. The Bertz CT molecular complexity index is 1280. The Labute approximate surface area is 189 Å². The molecule has 2 aliphatic rings. The molecule has 1 fully saturated rings. The van der Waals surface area contributed by atoms with Crippen LogP contribution in [0, 0.1) is 11.6 Å². The summed E-state index contributed by atoms with van der Waals surface area (Å²) in [5.41, 5.74) is 1.60. The van der Waals surface area contributed by atoms with E-state index in [0.29, 0.717) is 49.1 Å². The largest absolute Gasteiger partial charge is 0.378 e. The van der Waals surface area contributed by atoms with Gasteiger partial charge in [-0.2, -0.15) is 0 Å². The molecule has 2 aliphatic heterocycles. The van der Waals surface area contributed by atoms with Crippen LogP contribution in [-0.4, -0.2) is 56.2 Å². The highest BCUT2D eigenvalue weighted by atomic mass is 32.2. The van der Waals surface area contributed by atoms with Gasteiger partial charge in [-0.1, -0.05) is 0 Å². The number of hydrogen-bond acceptors (Lipinski definition) is 7. The van der Waals surface area contributed by atoms with Crippen molar-refractivity contribution in [1.29, 1.82) is 0 Å². The Morgan fingerprint density at radius 2 is 1.79 bits per heavy atom. The van der Waals surface area contributed by atoms with Gasteiger partial charge in [0.1, 0.15) is 22.3 Å². The molecule has 2 aromatic heterocycles. The van der Waals surface area contributed by atoms with Crippen LogP contribution >= 0.6 is 0 Å². The number of fused-ring (bicyclic) bond motifs is 1. The van der Waals surface area contributed by atoms with Gasteiger partial charge < -0.3 is 9.64 Å². The van der Waals surface area contributed by atoms with Crippen LogP contribution in [0.15, 0.2) is 47.6 Å². The fraction of sp³-hybridized carbons (Fsp3) is 0.318. The Morgan fingerprint density at radius 1 is 0.970 bits per heavy atom. The maximum atomic E-state index is 14.3. The number of anilines is 2. The molecule has 0 N–H and O–H groups in total. The molecule has 0 amide bonds. The average molecular weight is 474 g/mol. The maximum Gasteiger partial charge on any atom is 0.268 e. The highest BCUT2D eigenvalue weighted by molar-refractivity contribution is 7.92. The van der Waals surface area contributed by atoms with Gasteiger partial charge in [0.2, 0.25) is 0 Å². The third-order valence-electron chi connectivity index (χ3n) is 5.68. The minimum Gasteiger partial charge on any atom is -0.378 e. The molecule has 33 heavy (non-hydrogen) atoms. The number of hydrogen-bond donors (Lipinski definition) is 0. The zero-order valence-electron chi connectivity index (χ0n) is 17.6. The second-order valence-corrected chi connectivity index (χ2v) is 9.62. The van der Waals surface area contributed by atoms with E-state index in [4.69, 9.17) is 4.74 Å². The Morgan fingerprint density at radius 3 is 2.55 bits per heavy atom. The van der Waals surface area contributed by atoms with Crippen molar-refractivity contribution in [2.24, 2.45) is 0 Å². The molecule has 3 aromatic rings. The summed E-state index contributed by atoms with van der Waals surface area (Å²) in [5.74, 6) is -0.910. The predicted octanol–water partition coefficient (Wildman–Crippen LogP) is 2.79. The second-order valence-electron chi connectivity index (χ2n) is 7.79. The lowest BCUT2D eigenvalue weighted by atomic mass is 10.1. The van der Waals surface area contributed by atoms with Crippen LogP contribution in [0.25, 0.3) is 11.3 Å². The van der Waals surface area contributed by atoms with Gasteiger partial charge in [0.15, 0.2) is 5.82 Å². The summed E-state index contributed by atoms with van der Waals surface area (Å²) < 4.78 is 60.8. The van der Waals surface area contributed by atoms with Crippen LogP contribution in [0.1, 0.15) is 12.1 Å². The van der Waals surface area contributed by atoms with E-state index in [0.717, 1.165) is 35.3 Å². The quantitative estimate of drug-likeness (QED) is 0.576. The molecule has 0 unspecified atom stereocenters. The predicted molar refractivity (Wildman–Crippen MR) is 118 cm³/mol. The lowest BCUT2D eigenvalue weighted by Gasteiger charge is -2.29. The monoisotopic (exact) mass is 473 g/mol. The van der Waals surface area contributed by atoms with Gasteiger partial charge in [-0.15, -0.1) is 0 Å². The number of halogens is 2. The SMILES string of the molecule is O=S(=O)(c1cc(F)ccc1F)N1CCCc2ncc(-c3ccc(N4CCOCC4)nc3)nc21. The number of morpholine rings is 1. The summed E-state index contributed by atoms with van der Waals surface area (Å²) in [6, 6.07) is 6.09. The number of rotatable bonds is 4. The molecule has 5 rings (SSSR count). The first-order valence-corrected chi connectivity index (χ1v) is 12.0. The van der Waals surface area contributed by atoms with E-state index < -0.39 is 26.6 Å². The normalized spacial score (nSPS) is 16.5. The van der Waals surface area contributed by atoms with Crippen LogP contribution in [0.2, 0.25) is 0 Å². The Hall–Kier alpha value is -3.18. The molecule has 0 aliphatic carbocycles. The summed E-state index contributed by atoms with van der Waals surface area (Å²) in [6.45, 7) is 2.91. The highest BCUT2D eigenvalue weighted by Gasteiger charge is 2.33. The van der Waals surface area contributed by atoms with Crippen molar-refractivity contribution in [1.82, 2.24) is 15.0 Å². The van der Waals surface area contributed by atoms with E-state index in [2.05, 4.69) is 19.9 Å². The first kappa shape index (κ1) is 21.7.